The molecule has 2 heterocycles. The molecule has 0 spiro atoms. The van der Waals surface area contributed by atoms with Gasteiger partial charge in [0.05, 0.1) is 24.7 Å². The van der Waals surface area contributed by atoms with Crippen molar-refractivity contribution >= 4 is 22.6 Å². The Morgan fingerprint density at radius 3 is 2.52 bits per heavy atom. The molecular formula is C26H24FN3O3. The largest absolute Gasteiger partial charge is 0.493 e. The number of fused-ring (bicyclic) bond motifs is 1. The third-order valence-electron chi connectivity index (χ3n) is 5.95. The van der Waals surface area contributed by atoms with Crippen molar-refractivity contribution in [2.45, 2.75) is 18.9 Å². The van der Waals surface area contributed by atoms with E-state index in [2.05, 4.69) is 4.57 Å². The fraction of sp³-hybridized carbons (Fsp3) is 0.231. The van der Waals surface area contributed by atoms with Crippen LogP contribution in [0, 0.1) is 5.82 Å². The number of para-hydroxylation sites is 4. The lowest BCUT2D eigenvalue weighted by molar-refractivity contribution is -0.117. The zero-order valence-corrected chi connectivity index (χ0v) is 18.3. The Morgan fingerprint density at radius 2 is 1.73 bits per heavy atom. The van der Waals surface area contributed by atoms with Gasteiger partial charge in [0, 0.05) is 24.6 Å². The third kappa shape index (κ3) is 4.14. The number of rotatable bonds is 7. The molecule has 0 N–H and O–H groups in total. The van der Waals surface area contributed by atoms with Crippen molar-refractivity contribution in [3.05, 3.63) is 84.4 Å². The van der Waals surface area contributed by atoms with Gasteiger partial charge in [-0.05, 0) is 48.5 Å². The summed E-state index contributed by atoms with van der Waals surface area (Å²) in [5.74, 6) is 1.85. The summed E-state index contributed by atoms with van der Waals surface area (Å²) in [6.45, 7) is 1.51. The van der Waals surface area contributed by atoms with Gasteiger partial charge < -0.3 is 18.9 Å². The van der Waals surface area contributed by atoms with Crippen LogP contribution >= 0.6 is 0 Å². The average Bonchev–Trinajstić information content (AvgIpc) is 3.40. The molecule has 1 fully saturated rings. The molecule has 168 valence electrons. The van der Waals surface area contributed by atoms with Crippen LogP contribution in [0.3, 0.4) is 0 Å². The van der Waals surface area contributed by atoms with E-state index in [0.29, 0.717) is 43.3 Å². The van der Waals surface area contributed by atoms with Crippen LogP contribution in [0.1, 0.15) is 18.2 Å². The number of benzene rings is 3. The first-order valence-corrected chi connectivity index (χ1v) is 10.9. The molecule has 4 aromatic rings. The Bertz CT molecular complexity index is 1290. The van der Waals surface area contributed by atoms with Crippen LogP contribution in [0.15, 0.2) is 72.8 Å². The van der Waals surface area contributed by atoms with Crippen LogP contribution in [0.2, 0.25) is 0 Å². The van der Waals surface area contributed by atoms with Gasteiger partial charge in [-0.3, -0.25) is 4.79 Å². The van der Waals surface area contributed by atoms with Crippen LogP contribution in [0.4, 0.5) is 10.1 Å². The summed E-state index contributed by atoms with van der Waals surface area (Å²) in [5.41, 5.74) is 2.59. The first-order valence-electron chi connectivity index (χ1n) is 10.9. The van der Waals surface area contributed by atoms with Crippen LogP contribution in [0.25, 0.3) is 11.0 Å². The predicted molar refractivity (Wildman–Crippen MR) is 124 cm³/mol. The van der Waals surface area contributed by atoms with Crippen LogP contribution in [-0.4, -0.2) is 35.7 Å². The number of anilines is 1. The maximum atomic E-state index is 13.3. The minimum absolute atomic E-state index is 0.00971. The molecule has 1 aromatic heterocycles. The second-order valence-electron chi connectivity index (χ2n) is 7.99. The van der Waals surface area contributed by atoms with Crippen molar-refractivity contribution in [1.29, 1.82) is 0 Å². The Labute approximate surface area is 191 Å². The van der Waals surface area contributed by atoms with E-state index in [4.69, 9.17) is 14.5 Å². The van der Waals surface area contributed by atoms with Gasteiger partial charge in [0.1, 0.15) is 18.2 Å². The topological polar surface area (TPSA) is 56.6 Å². The van der Waals surface area contributed by atoms with Crippen LogP contribution in [-0.2, 0) is 11.3 Å². The summed E-state index contributed by atoms with van der Waals surface area (Å²) in [4.78, 5) is 19.4. The fourth-order valence-corrected chi connectivity index (χ4v) is 4.38. The van der Waals surface area contributed by atoms with Crippen molar-refractivity contribution in [2.24, 2.45) is 0 Å². The number of nitrogens with zero attached hydrogens (tertiary/aromatic N) is 3. The predicted octanol–water partition coefficient (Wildman–Crippen LogP) is 4.78. The molecule has 5 rings (SSSR count). The minimum atomic E-state index is -0.321. The van der Waals surface area contributed by atoms with Crippen molar-refractivity contribution in [3.63, 3.8) is 0 Å². The van der Waals surface area contributed by atoms with E-state index in [0.717, 1.165) is 16.9 Å². The summed E-state index contributed by atoms with van der Waals surface area (Å²) in [6, 6.07) is 21.5. The van der Waals surface area contributed by atoms with Crippen molar-refractivity contribution in [1.82, 2.24) is 9.55 Å². The summed E-state index contributed by atoms with van der Waals surface area (Å²) in [6.07, 6.45) is 0.355. The highest BCUT2D eigenvalue weighted by molar-refractivity contribution is 5.96. The zero-order chi connectivity index (χ0) is 22.8. The molecule has 1 saturated heterocycles. The number of amides is 1. The highest BCUT2D eigenvalue weighted by Crippen LogP contribution is 2.33. The molecule has 1 atom stereocenters. The van der Waals surface area contributed by atoms with E-state index in [9.17, 15) is 9.18 Å². The molecule has 33 heavy (non-hydrogen) atoms. The molecule has 0 aliphatic carbocycles. The lowest BCUT2D eigenvalue weighted by Gasteiger charge is -2.18. The Balaban J connectivity index is 1.40. The summed E-state index contributed by atoms with van der Waals surface area (Å²) in [5, 5.41) is 0. The van der Waals surface area contributed by atoms with Crippen molar-refractivity contribution in [3.8, 4) is 11.5 Å². The van der Waals surface area contributed by atoms with Crippen molar-refractivity contribution < 1.29 is 18.7 Å². The van der Waals surface area contributed by atoms with Gasteiger partial charge in [-0.1, -0.05) is 24.3 Å². The zero-order valence-electron chi connectivity index (χ0n) is 18.3. The van der Waals surface area contributed by atoms with Gasteiger partial charge in [-0.2, -0.15) is 0 Å². The van der Waals surface area contributed by atoms with Gasteiger partial charge in [0.25, 0.3) is 0 Å². The SMILES string of the molecule is COc1ccccc1OCCn1c(C2CC(=O)N(c3ccc(F)cc3)C2)nc2ccccc21. The molecule has 1 aliphatic rings. The summed E-state index contributed by atoms with van der Waals surface area (Å²) < 4.78 is 26.8. The highest BCUT2D eigenvalue weighted by Gasteiger charge is 2.34. The molecule has 0 saturated carbocycles. The lowest BCUT2D eigenvalue weighted by Crippen LogP contribution is -2.24. The van der Waals surface area contributed by atoms with Gasteiger partial charge in [-0.25, -0.2) is 9.37 Å². The Morgan fingerprint density at radius 1 is 1.00 bits per heavy atom. The average molecular weight is 445 g/mol. The fourth-order valence-electron chi connectivity index (χ4n) is 4.38. The smallest absolute Gasteiger partial charge is 0.227 e. The standard InChI is InChI=1S/C26H24FN3O3/c1-32-23-8-4-5-9-24(23)33-15-14-29-22-7-3-2-6-21(22)28-26(29)18-16-25(31)30(17-18)20-12-10-19(27)11-13-20/h2-13,18H,14-17H2,1H3. The molecular weight excluding hydrogens is 421 g/mol. The second kappa shape index (κ2) is 8.94. The maximum Gasteiger partial charge on any atom is 0.227 e. The molecule has 1 amide bonds. The van der Waals surface area contributed by atoms with Crippen LogP contribution in [0.5, 0.6) is 11.5 Å². The second-order valence-corrected chi connectivity index (χ2v) is 7.99. The van der Waals surface area contributed by atoms with Gasteiger partial charge in [0.2, 0.25) is 5.91 Å². The Hall–Kier alpha value is -3.87. The number of imidazole rings is 1. The first-order chi connectivity index (χ1) is 16.1. The monoisotopic (exact) mass is 445 g/mol. The van der Waals surface area contributed by atoms with Gasteiger partial charge in [0.15, 0.2) is 11.5 Å². The normalized spacial score (nSPS) is 15.9. The van der Waals surface area contributed by atoms with Crippen molar-refractivity contribution in [2.75, 3.05) is 25.2 Å². The minimum Gasteiger partial charge on any atom is -0.493 e. The number of hydrogen-bond donors (Lipinski definition) is 0. The quantitative estimate of drug-likeness (QED) is 0.411. The van der Waals surface area contributed by atoms with E-state index < -0.39 is 0 Å². The van der Waals surface area contributed by atoms with E-state index in [1.54, 1.807) is 24.1 Å². The number of hydrogen-bond acceptors (Lipinski definition) is 4. The van der Waals surface area contributed by atoms with E-state index in [-0.39, 0.29) is 17.6 Å². The van der Waals surface area contributed by atoms with Crippen LogP contribution < -0.4 is 14.4 Å². The lowest BCUT2D eigenvalue weighted by atomic mass is 10.1. The van der Waals surface area contributed by atoms with E-state index in [1.165, 1.54) is 12.1 Å². The number of halogens is 1. The molecule has 3 aromatic carbocycles. The molecule has 0 radical (unpaired) electrons. The number of methoxy groups -OCH3 is 1. The molecule has 7 heteroatoms. The first kappa shape index (κ1) is 21.0. The molecule has 0 bridgehead atoms. The number of carbonyl (C=O) groups is 1. The maximum absolute atomic E-state index is 13.3. The van der Waals surface area contributed by atoms with Gasteiger partial charge >= 0.3 is 0 Å². The van der Waals surface area contributed by atoms with E-state index in [1.807, 2.05) is 48.5 Å². The van der Waals surface area contributed by atoms with E-state index >= 15 is 0 Å². The third-order valence-corrected chi connectivity index (χ3v) is 5.95. The number of carbonyl (C=O) groups excluding carboxylic acids is 1. The molecule has 1 aliphatic heterocycles. The molecule has 1 unspecified atom stereocenters. The number of aromatic nitrogens is 2. The van der Waals surface area contributed by atoms with Gasteiger partial charge in [-0.15, -0.1) is 0 Å². The Kier molecular flexibility index (Phi) is 5.69. The molecule has 6 nitrogen and oxygen atoms in total. The summed E-state index contributed by atoms with van der Waals surface area (Å²) in [7, 11) is 1.62. The highest BCUT2D eigenvalue weighted by atomic mass is 19.1. The number of ether oxygens (including phenoxy) is 2. The summed E-state index contributed by atoms with van der Waals surface area (Å²) >= 11 is 0.